The number of thiophene rings is 1. The van der Waals surface area contributed by atoms with Gasteiger partial charge in [0.1, 0.15) is 10.6 Å². The Labute approximate surface area is 213 Å². The lowest BCUT2D eigenvalue weighted by atomic mass is 10.0. The van der Waals surface area contributed by atoms with Crippen LogP contribution in [0.1, 0.15) is 22.2 Å². The zero-order valence-corrected chi connectivity index (χ0v) is 20.9. The Hall–Kier alpha value is -3.82. The fraction of sp³-hybridized carbons (Fsp3) is 0.259. The van der Waals surface area contributed by atoms with Gasteiger partial charge in [-0.05, 0) is 35.7 Å². The van der Waals surface area contributed by atoms with E-state index in [-0.39, 0.29) is 24.3 Å². The average Bonchev–Trinajstić information content (AvgIpc) is 3.36. The van der Waals surface area contributed by atoms with Crippen molar-refractivity contribution in [2.24, 2.45) is 5.73 Å². The minimum absolute atomic E-state index is 0.0294. The molecule has 1 aliphatic heterocycles. The minimum Gasteiger partial charge on any atom is -0.352 e. The molecule has 1 fully saturated rings. The number of carbonyl (C=O) groups excluding carboxylic acids is 2. The van der Waals surface area contributed by atoms with Crippen LogP contribution in [-0.4, -0.2) is 59.4 Å². The quantitative estimate of drug-likeness (QED) is 0.418. The van der Waals surface area contributed by atoms with Crippen LogP contribution in [0, 0.1) is 0 Å². The largest absolute Gasteiger partial charge is 0.352 e. The normalized spacial score (nSPS) is 13.7. The third-order valence-electron chi connectivity index (χ3n) is 6.31. The maximum Gasteiger partial charge on any atom is 0.253 e. The van der Waals surface area contributed by atoms with Gasteiger partial charge in [0.05, 0.1) is 11.9 Å². The van der Waals surface area contributed by atoms with Crippen molar-refractivity contribution >= 4 is 45.1 Å². The predicted molar refractivity (Wildman–Crippen MR) is 144 cm³/mol. The lowest BCUT2D eigenvalue weighted by molar-refractivity contribution is -0.114. The molecule has 0 saturated carbocycles. The molecule has 2 aromatic carbocycles. The number of nitrogens with one attached hydrogen (secondary N) is 1. The highest BCUT2D eigenvalue weighted by atomic mass is 32.1. The maximum absolute atomic E-state index is 13.2. The number of hydrogen-bond acceptors (Lipinski definition) is 7. The Morgan fingerprint density at radius 1 is 0.972 bits per heavy atom. The summed E-state index contributed by atoms with van der Waals surface area (Å²) in [6, 6.07) is 20.0. The number of nitrogens with zero attached hydrogens (tertiary/aromatic N) is 4. The van der Waals surface area contributed by atoms with E-state index in [9.17, 15) is 9.59 Å². The summed E-state index contributed by atoms with van der Waals surface area (Å²) < 4.78 is 0. The Morgan fingerprint density at radius 3 is 2.33 bits per heavy atom. The van der Waals surface area contributed by atoms with Gasteiger partial charge in [0, 0.05) is 36.6 Å². The van der Waals surface area contributed by atoms with E-state index >= 15 is 0 Å². The monoisotopic (exact) mass is 500 g/mol. The van der Waals surface area contributed by atoms with E-state index in [0.29, 0.717) is 31.7 Å². The first-order valence-electron chi connectivity index (χ1n) is 12.1. The van der Waals surface area contributed by atoms with Gasteiger partial charge in [0.15, 0.2) is 0 Å². The van der Waals surface area contributed by atoms with Crippen molar-refractivity contribution in [3.8, 4) is 11.1 Å². The first-order valence-corrected chi connectivity index (χ1v) is 12.9. The van der Waals surface area contributed by atoms with E-state index in [1.807, 2.05) is 47.4 Å². The number of nitrogens with two attached hydrogens (primary N) is 1. The second-order valence-electron chi connectivity index (χ2n) is 8.63. The summed E-state index contributed by atoms with van der Waals surface area (Å²) in [5.41, 5.74) is 8.36. The first-order chi connectivity index (χ1) is 17.6. The number of aromatic nitrogens is 2. The summed E-state index contributed by atoms with van der Waals surface area (Å²) in [6.07, 6.45) is 0.899. The molecule has 9 heteroatoms. The molecular formula is C27H28N6O2S. The number of hydrogen-bond donors (Lipinski definition) is 2. The molecule has 1 aliphatic rings. The number of carbonyl (C=O) groups is 2. The third-order valence-corrected chi connectivity index (χ3v) is 7.49. The lowest BCUT2D eigenvalue weighted by Crippen LogP contribution is -2.49. The smallest absolute Gasteiger partial charge is 0.253 e. The zero-order valence-electron chi connectivity index (χ0n) is 20.1. The molecule has 5 rings (SSSR count). The molecule has 0 radical (unpaired) electrons. The molecule has 8 nitrogen and oxygen atoms in total. The highest BCUT2D eigenvalue weighted by Gasteiger charge is 2.25. The van der Waals surface area contributed by atoms with Crippen molar-refractivity contribution in [2.75, 3.05) is 42.9 Å². The van der Waals surface area contributed by atoms with Gasteiger partial charge in [-0.1, -0.05) is 49.4 Å². The summed E-state index contributed by atoms with van der Waals surface area (Å²) in [6.45, 7) is 4.42. The van der Waals surface area contributed by atoms with Gasteiger partial charge in [-0.2, -0.15) is 4.98 Å². The van der Waals surface area contributed by atoms with E-state index in [0.717, 1.165) is 33.6 Å². The van der Waals surface area contributed by atoms with Crippen LogP contribution in [0.25, 0.3) is 21.3 Å². The SMILES string of the molecule is CCc1cc2c(N3CCN(C(=O)c4ccc(-c5ccccc5)cc4)CC3)nc(NC(=O)CN)nc2s1. The number of fused-ring (bicyclic) bond motifs is 1. The summed E-state index contributed by atoms with van der Waals surface area (Å²) in [5.74, 6) is 0.736. The van der Waals surface area contributed by atoms with Gasteiger partial charge < -0.3 is 15.5 Å². The molecule has 0 unspecified atom stereocenters. The van der Waals surface area contributed by atoms with Crippen LogP contribution in [0.2, 0.25) is 0 Å². The van der Waals surface area contributed by atoms with Crippen LogP contribution in [0.4, 0.5) is 11.8 Å². The molecule has 0 atom stereocenters. The van der Waals surface area contributed by atoms with Crippen LogP contribution >= 0.6 is 11.3 Å². The van der Waals surface area contributed by atoms with Gasteiger partial charge >= 0.3 is 0 Å². The third kappa shape index (κ3) is 4.93. The van der Waals surface area contributed by atoms with Crippen LogP contribution in [0.15, 0.2) is 60.7 Å². The molecule has 36 heavy (non-hydrogen) atoms. The predicted octanol–water partition coefficient (Wildman–Crippen LogP) is 3.78. The molecular weight excluding hydrogens is 472 g/mol. The Balaban J connectivity index is 1.31. The molecule has 3 heterocycles. The van der Waals surface area contributed by atoms with Crippen molar-refractivity contribution in [3.63, 3.8) is 0 Å². The first kappa shape index (κ1) is 23.9. The van der Waals surface area contributed by atoms with E-state index in [1.165, 1.54) is 4.88 Å². The molecule has 1 saturated heterocycles. The molecule has 184 valence electrons. The Bertz CT molecular complexity index is 1380. The van der Waals surface area contributed by atoms with E-state index in [1.54, 1.807) is 11.3 Å². The van der Waals surface area contributed by atoms with Gasteiger partial charge in [-0.25, -0.2) is 4.98 Å². The second-order valence-corrected chi connectivity index (χ2v) is 9.75. The molecule has 2 amide bonds. The van der Waals surface area contributed by atoms with Gasteiger partial charge in [0.25, 0.3) is 5.91 Å². The van der Waals surface area contributed by atoms with Gasteiger partial charge in [0.2, 0.25) is 11.9 Å². The van der Waals surface area contributed by atoms with Gasteiger partial charge in [-0.3, -0.25) is 14.9 Å². The number of anilines is 2. The van der Waals surface area contributed by atoms with Gasteiger partial charge in [-0.15, -0.1) is 11.3 Å². The number of amides is 2. The van der Waals surface area contributed by atoms with Crippen molar-refractivity contribution in [2.45, 2.75) is 13.3 Å². The minimum atomic E-state index is -0.332. The van der Waals surface area contributed by atoms with Crippen LogP contribution in [0.5, 0.6) is 0 Å². The maximum atomic E-state index is 13.2. The fourth-order valence-corrected chi connectivity index (χ4v) is 5.30. The van der Waals surface area contributed by atoms with Crippen LogP contribution in [0.3, 0.4) is 0 Å². The van der Waals surface area contributed by atoms with Crippen LogP contribution in [-0.2, 0) is 11.2 Å². The highest BCUT2D eigenvalue weighted by Crippen LogP contribution is 2.33. The number of piperazine rings is 1. The number of benzene rings is 2. The summed E-state index contributed by atoms with van der Waals surface area (Å²) >= 11 is 1.60. The molecule has 0 bridgehead atoms. The summed E-state index contributed by atoms with van der Waals surface area (Å²) in [7, 11) is 0. The van der Waals surface area contributed by atoms with E-state index < -0.39 is 0 Å². The zero-order chi connectivity index (χ0) is 25.1. The standard InChI is InChI=1S/C27H28N6O2S/c1-2-21-16-22-24(30-27(29-23(34)17-28)31-25(22)36-21)32-12-14-33(15-13-32)26(35)20-10-8-19(9-11-20)18-6-4-3-5-7-18/h3-11,16H,2,12-15,17,28H2,1H3,(H,29,30,31,34). The fourth-order valence-electron chi connectivity index (χ4n) is 4.34. The average molecular weight is 501 g/mol. The van der Waals surface area contributed by atoms with E-state index in [4.69, 9.17) is 5.73 Å². The Kier molecular flexibility index (Phi) is 6.92. The molecule has 0 spiro atoms. The molecule has 4 aromatic rings. The van der Waals surface area contributed by atoms with Crippen molar-refractivity contribution < 1.29 is 9.59 Å². The van der Waals surface area contributed by atoms with Crippen molar-refractivity contribution in [1.82, 2.24) is 14.9 Å². The molecule has 2 aromatic heterocycles. The topological polar surface area (TPSA) is 104 Å². The van der Waals surface area contributed by atoms with E-state index in [2.05, 4.69) is 45.3 Å². The summed E-state index contributed by atoms with van der Waals surface area (Å²) in [5, 5.41) is 3.66. The summed E-state index contributed by atoms with van der Waals surface area (Å²) in [4.78, 5) is 40.3. The van der Waals surface area contributed by atoms with Crippen LogP contribution < -0.4 is 16.0 Å². The number of aryl methyl sites for hydroxylation is 1. The Morgan fingerprint density at radius 2 is 1.67 bits per heavy atom. The van der Waals surface area contributed by atoms with Crippen molar-refractivity contribution in [1.29, 1.82) is 0 Å². The second kappa shape index (κ2) is 10.4. The number of rotatable bonds is 6. The molecule has 3 N–H and O–H groups in total. The molecule has 0 aliphatic carbocycles. The highest BCUT2D eigenvalue weighted by molar-refractivity contribution is 7.18. The lowest BCUT2D eigenvalue weighted by Gasteiger charge is -2.35. The van der Waals surface area contributed by atoms with Crippen molar-refractivity contribution in [3.05, 3.63) is 71.1 Å².